The van der Waals surface area contributed by atoms with Crippen LogP contribution in [0.15, 0.2) is 28.2 Å². The first-order chi connectivity index (χ1) is 9.56. The fraction of sp³-hybridized carbons (Fsp3) is 0.462. The quantitative estimate of drug-likeness (QED) is 0.726. The Bertz CT molecular complexity index is 714. The average molecular weight is 388 g/mol. The van der Waals surface area contributed by atoms with Crippen LogP contribution in [0.2, 0.25) is 0 Å². The van der Waals surface area contributed by atoms with Gasteiger partial charge in [-0.15, -0.1) is 0 Å². The molecule has 0 radical (unpaired) electrons. The van der Waals surface area contributed by atoms with E-state index in [1.165, 1.54) is 4.57 Å². The smallest absolute Gasteiger partial charge is 0.299 e. The maximum atomic E-state index is 12.3. The fourth-order valence-corrected chi connectivity index (χ4v) is 2.63. The van der Waals surface area contributed by atoms with E-state index in [-0.39, 0.29) is 17.8 Å². The summed E-state index contributed by atoms with van der Waals surface area (Å²) in [5, 5.41) is 4.16. The predicted molar refractivity (Wildman–Crippen MR) is 85.0 cm³/mol. The number of nitrogens with zero attached hydrogens (tertiary/aromatic N) is 4. The van der Waals surface area contributed by atoms with Crippen LogP contribution < -0.4 is 11.2 Å². The molecule has 0 aromatic carbocycles. The Kier molecular flexibility index (Phi) is 4.79. The summed E-state index contributed by atoms with van der Waals surface area (Å²) in [5.41, 5.74) is 0.352. The molecule has 7 heteroatoms. The van der Waals surface area contributed by atoms with E-state index in [2.05, 4.69) is 5.10 Å². The van der Waals surface area contributed by atoms with Gasteiger partial charge >= 0.3 is 5.69 Å². The lowest BCUT2D eigenvalue weighted by molar-refractivity contribution is 0.566. The number of hydrogen-bond acceptors (Lipinski definition) is 3. The van der Waals surface area contributed by atoms with Gasteiger partial charge in [0.25, 0.3) is 5.56 Å². The van der Waals surface area contributed by atoms with Gasteiger partial charge in [-0.3, -0.25) is 18.6 Å². The first kappa shape index (κ1) is 15.0. The summed E-state index contributed by atoms with van der Waals surface area (Å²) in [7, 11) is 0. The van der Waals surface area contributed by atoms with Crippen LogP contribution >= 0.6 is 22.6 Å². The Hall–Kier alpha value is -1.38. The average Bonchev–Trinajstić information content (AvgIpc) is 2.89. The number of rotatable bonds is 5. The highest BCUT2D eigenvalue weighted by atomic mass is 127. The molecule has 2 aromatic heterocycles. The molecule has 0 aliphatic rings. The van der Waals surface area contributed by atoms with E-state index < -0.39 is 0 Å². The van der Waals surface area contributed by atoms with E-state index in [4.69, 9.17) is 0 Å². The molecule has 6 nitrogen and oxygen atoms in total. The van der Waals surface area contributed by atoms with E-state index in [1.54, 1.807) is 21.6 Å². The van der Waals surface area contributed by atoms with Crippen molar-refractivity contribution in [3.63, 3.8) is 0 Å². The SMILES string of the molecule is CCCn1cc(I)c(=O)n(Cc2cnn(CC)c2)c1=O. The lowest BCUT2D eigenvalue weighted by atomic mass is 10.3. The molecule has 0 unspecified atom stereocenters. The van der Waals surface area contributed by atoms with E-state index in [9.17, 15) is 9.59 Å². The van der Waals surface area contributed by atoms with E-state index in [0.29, 0.717) is 10.1 Å². The maximum Gasteiger partial charge on any atom is 0.331 e. The standard InChI is InChI=1S/C13H17IN4O2/c1-3-5-16-9-11(14)12(19)18(13(16)20)8-10-6-15-17(4-2)7-10/h6-7,9H,3-5,8H2,1-2H3. The molecule has 0 saturated heterocycles. The Labute approximate surface area is 130 Å². The van der Waals surface area contributed by atoms with Crippen LogP contribution in [0.25, 0.3) is 0 Å². The highest BCUT2D eigenvalue weighted by Crippen LogP contribution is 2.01. The summed E-state index contributed by atoms with van der Waals surface area (Å²) in [6.07, 6.45) is 6.03. The summed E-state index contributed by atoms with van der Waals surface area (Å²) in [6.45, 7) is 5.63. The normalized spacial score (nSPS) is 10.9. The van der Waals surface area contributed by atoms with Crippen LogP contribution in [0.3, 0.4) is 0 Å². The van der Waals surface area contributed by atoms with E-state index >= 15 is 0 Å². The van der Waals surface area contributed by atoms with Crippen molar-refractivity contribution in [1.82, 2.24) is 18.9 Å². The Morgan fingerprint density at radius 2 is 2.00 bits per heavy atom. The summed E-state index contributed by atoms with van der Waals surface area (Å²) in [5.74, 6) is 0. The van der Waals surface area contributed by atoms with Crippen LogP contribution in [0.4, 0.5) is 0 Å². The molecule has 0 atom stereocenters. The van der Waals surface area contributed by atoms with Gasteiger partial charge in [0.1, 0.15) is 0 Å². The first-order valence-corrected chi connectivity index (χ1v) is 7.65. The molecule has 0 fully saturated rings. The van der Waals surface area contributed by atoms with Crippen molar-refractivity contribution in [2.75, 3.05) is 0 Å². The minimum atomic E-state index is -0.262. The van der Waals surface area contributed by atoms with Gasteiger partial charge in [0.2, 0.25) is 0 Å². The molecular formula is C13H17IN4O2. The van der Waals surface area contributed by atoms with Crippen molar-refractivity contribution in [2.24, 2.45) is 0 Å². The molecule has 2 aromatic rings. The highest BCUT2D eigenvalue weighted by molar-refractivity contribution is 14.1. The van der Waals surface area contributed by atoms with Crippen molar-refractivity contribution in [3.8, 4) is 0 Å². The topological polar surface area (TPSA) is 61.8 Å². The van der Waals surface area contributed by atoms with Crippen molar-refractivity contribution in [2.45, 2.75) is 39.9 Å². The van der Waals surface area contributed by atoms with Gasteiger partial charge < -0.3 is 0 Å². The van der Waals surface area contributed by atoms with Crippen LogP contribution in [0.5, 0.6) is 0 Å². The summed E-state index contributed by atoms with van der Waals surface area (Å²) < 4.78 is 5.19. The molecular weight excluding hydrogens is 371 g/mol. The highest BCUT2D eigenvalue weighted by Gasteiger charge is 2.10. The summed E-state index contributed by atoms with van der Waals surface area (Å²) in [4.78, 5) is 24.4. The van der Waals surface area contributed by atoms with Gasteiger partial charge in [-0.05, 0) is 35.9 Å². The summed E-state index contributed by atoms with van der Waals surface area (Å²) in [6, 6.07) is 0. The molecule has 0 amide bonds. The third kappa shape index (κ3) is 3.02. The molecule has 0 N–H and O–H groups in total. The van der Waals surface area contributed by atoms with Crippen molar-refractivity contribution < 1.29 is 0 Å². The van der Waals surface area contributed by atoms with Gasteiger partial charge in [-0.2, -0.15) is 5.10 Å². The van der Waals surface area contributed by atoms with Crippen molar-refractivity contribution in [3.05, 3.63) is 48.6 Å². The van der Waals surface area contributed by atoms with Crippen LogP contribution in [-0.2, 0) is 19.6 Å². The molecule has 108 valence electrons. The second-order valence-corrected chi connectivity index (χ2v) is 5.71. The number of halogens is 1. The molecule has 2 rings (SSSR count). The third-order valence-corrected chi connectivity index (χ3v) is 3.75. The Balaban J connectivity index is 2.44. The van der Waals surface area contributed by atoms with E-state index in [1.807, 2.05) is 42.6 Å². The zero-order valence-corrected chi connectivity index (χ0v) is 13.7. The van der Waals surface area contributed by atoms with Gasteiger partial charge in [0.15, 0.2) is 0 Å². The van der Waals surface area contributed by atoms with Crippen molar-refractivity contribution in [1.29, 1.82) is 0 Å². The second-order valence-electron chi connectivity index (χ2n) is 4.55. The zero-order chi connectivity index (χ0) is 14.7. The molecule has 0 bridgehead atoms. The zero-order valence-electron chi connectivity index (χ0n) is 11.5. The molecule has 0 aliphatic carbocycles. The van der Waals surface area contributed by atoms with Crippen LogP contribution in [0, 0.1) is 3.57 Å². The molecule has 0 spiro atoms. The minimum absolute atomic E-state index is 0.243. The molecule has 0 aliphatic heterocycles. The second kappa shape index (κ2) is 6.38. The van der Waals surface area contributed by atoms with Crippen molar-refractivity contribution >= 4 is 22.6 Å². The number of aryl methyl sites for hydroxylation is 2. The third-order valence-electron chi connectivity index (χ3n) is 3.01. The molecule has 20 heavy (non-hydrogen) atoms. The lowest BCUT2D eigenvalue weighted by Crippen LogP contribution is -2.41. The van der Waals surface area contributed by atoms with Crippen LogP contribution in [0.1, 0.15) is 25.8 Å². The summed E-state index contributed by atoms with van der Waals surface area (Å²) >= 11 is 1.97. The Morgan fingerprint density at radius 1 is 1.25 bits per heavy atom. The van der Waals surface area contributed by atoms with Gasteiger partial charge in [-0.1, -0.05) is 6.92 Å². The minimum Gasteiger partial charge on any atom is -0.299 e. The monoisotopic (exact) mass is 388 g/mol. The first-order valence-electron chi connectivity index (χ1n) is 6.58. The molecule has 0 saturated carbocycles. The Morgan fingerprint density at radius 3 is 2.60 bits per heavy atom. The number of aromatic nitrogens is 4. The largest absolute Gasteiger partial charge is 0.331 e. The van der Waals surface area contributed by atoms with Crippen LogP contribution in [-0.4, -0.2) is 18.9 Å². The predicted octanol–water partition coefficient (Wildman–Crippen LogP) is 1.29. The molecule has 2 heterocycles. The van der Waals surface area contributed by atoms with Gasteiger partial charge in [-0.25, -0.2) is 4.79 Å². The fourth-order valence-electron chi connectivity index (χ4n) is 2.00. The maximum absolute atomic E-state index is 12.3. The lowest BCUT2D eigenvalue weighted by Gasteiger charge is -2.09. The van der Waals surface area contributed by atoms with E-state index in [0.717, 1.165) is 18.5 Å². The van der Waals surface area contributed by atoms with Gasteiger partial charge in [0, 0.05) is 31.0 Å². The van der Waals surface area contributed by atoms with Gasteiger partial charge in [0.05, 0.1) is 16.3 Å². The number of hydrogen-bond donors (Lipinski definition) is 0.